The third-order valence-electron chi connectivity index (χ3n) is 2.92. The summed E-state index contributed by atoms with van der Waals surface area (Å²) in [5, 5.41) is 0. The van der Waals surface area contributed by atoms with Crippen molar-refractivity contribution in [2.45, 2.75) is 11.8 Å². The summed E-state index contributed by atoms with van der Waals surface area (Å²) >= 11 is 6.33. The third kappa shape index (κ3) is 5.51. The first-order valence-corrected chi connectivity index (χ1v) is 11.3. The molecule has 0 aliphatic carbocycles. The van der Waals surface area contributed by atoms with Crippen molar-refractivity contribution in [3.8, 4) is 5.75 Å². The molecule has 0 bridgehead atoms. The van der Waals surface area contributed by atoms with Crippen LogP contribution < -0.4 is 9.46 Å². The summed E-state index contributed by atoms with van der Waals surface area (Å²) in [6, 6.07) is 10.1. The zero-order valence-electron chi connectivity index (χ0n) is 12.3. The Hall–Kier alpha value is 0.0100. The van der Waals surface area contributed by atoms with Crippen molar-refractivity contribution in [3.63, 3.8) is 0 Å². The number of sulfonamides is 1. The number of halogens is 3. The van der Waals surface area contributed by atoms with Crippen LogP contribution in [0.15, 0.2) is 41.3 Å². The minimum atomic E-state index is -3.75. The second kappa shape index (κ2) is 8.60. The number of aryl methyl sites for hydroxylation is 1. The molecule has 5 nitrogen and oxygen atoms in total. The number of carbonyl (C=O) groups excluding carboxylic acids is 1. The number of carbonyl (C=O) groups is 1. The Labute approximate surface area is 181 Å². The predicted molar refractivity (Wildman–Crippen MR) is 117 cm³/mol. The molecule has 2 aromatic rings. The first-order valence-electron chi connectivity index (χ1n) is 6.60. The molecule has 2 aromatic carbocycles. The van der Waals surface area contributed by atoms with E-state index in [0.717, 1.165) is 16.3 Å². The van der Waals surface area contributed by atoms with E-state index in [4.69, 9.17) is 4.74 Å². The number of hydrogen-bond donors (Lipinski definition) is 1. The molecule has 0 aromatic heterocycles. The van der Waals surface area contributed by atoms with E-state index in [2.05, 4.69) is 72.5 Å². The quantitative estimate of drug-likeness (QED) is 0.297. The maximum Gasteiger partial charge on any atom is 0.326 e. The largest absolute Gasteiger partial charge is 0.423 e. The number of hydrogen-bond acceptors (Lipinski definition) is 4. The van der Waals surface area contributed by atoms with Gasteiger partial charge in [0.25, 0.3) is 0 Å². The molecule has 0 aliphatic rings. The van der Waals surface area contributed by atoms with E-state index in [1.807, 2.05) is 19.1 Å². The second-order valence-electron chi connectivity index (χ2n) is 4.81. The zero-order valence-corrected chi connectivity index (χ0v) is 19.6. The molecule has 0 aliphatic heterocycles. The SMILES string of the molecule is Cc1ccc(S(=O)(=O)NCC(=O)Oc2c(I)cc(I)cc2I)cc1. The van der Waals surface area contributed by atoms with E-state index in [9.17, 15) is 13.2 Å². The molecular formula is C15H12I3NO4S. The summed E-state index contributed by atoms with van der Waals surface area (Å²) in [6.45, 7) is 1.43. The Balaban J connectivity index is 2.04. The molecule has 9 heteroatoms. The highest BCUT2D eigenvalue weighted by atomic mass is 127. The van der Waals surface area contributed by atoms with Gasteiger partial charge in [0, 0.05) is 3.57 Å². The Bertz CT molecular complexity index is 844. The van der Waals surface area contributed by atoms with E-state index in [0.29, 0.717) is 5.75 Å². The van der Waals surface area contributed by atoms with Crippen molar-refractivity contribution in [2.24, 2.45) is 0 Å². The van der Waals surface area contributed by atoms with Gasteiger partial charge in [0.15, 0.2) is 5.75 Å². The van der Waals surface area contributed by atoms with Crippen molar-refractivity contribution >= 4 is 83.8 Å². The fourth-order valence-electron chi connectivity index (χ4n) is 1.73. The first-order chi connectivity index (χ1) is 11.2. The molecule has 0 spiro atoms. The topological polar surface area (TPSA) is 72.5 Å². The summed E-state index contributed by atoms with van der Waals surface area (Å²) in [4.78, 5) is 12.1. The highest BCUT2D eigenvalue weighted by molar-refractivity contribution is 14.1. The van der Waals surface area contributed by atoms with Gasteiger partial charge in [-0.1, -0.05) is 17.7 Å². The van der Waals surface area contributed by atoms with Gasteiger partial charge < -0.3 is 4.74 Å². The van der Waals surface area contributed by atoms with Crippen LogP contribution in [-0.4, -0.2) is 20.9 Å². The van der Waals surface area contributed by atoms with Gasteiger partial charge in [0.2, 0.25) is 10.0 Å². The number of esters is 1. The molecule has 0 unspecified atom stereocenters. The van der Waals surface area contributed by atoms with Gasteiger partial charge in [-0.25, -0.2) is 8.42 Å². The van der Waals surface area contributed by atoms with Crippen LogP contribution in [0.3, 0.4) is 0 Å². The van der Waals surface area contributed by atoms with Gasteiger partial charge in [-0.15, -0.1) is 0 Å². The minimum Gasteiger partial charge on any atom is -0.423 e. The lowest BCUT2D eigenvalue weighted by Crippen LogP contribution is -2.32. The average Bonchev–Trinajstić information content (AvgIpc) is 2.49. The van der Waals surface area contributed by atoms with E-state index in [-0.39, 0.29) is 4.90 Å². The lowest BCUT2D eigenvalue weighted by atomic mass is 10.2. The van der Waals surface area contributed by atoms with Crippen LogP contribution in [-0.2, 0) is 14.8 Å². The van der Waals surface area contributed by atoms with E-state index in [1.54, 1.807) is 12.1 Å². The Morgan fingerprint density at radius 3 is 2.17 bits per heavy atom. The molecule has 0 radical (unpaired) electrons. The number of rotatable bonds is 5. The third-order valence-corrected chi connectivity index (χ3v) is 6.56. The molecule has 1 N–H and O–H groups in total. The zero-order chi connectivity index (χ0) is 17.9. The van der Waals surface area contributed by atoms with Crippen molar-refractivity contribution in [3.05, 3.63) is 52.7 Å². The normalized spacial score (nSPS) is 11.3. The van der Waals surface area contributed by atoms with Gasteiger partial charge in [-0.2, -0.15) is 4.72 Å². The molecule has 0 amide bonds. The molecule has 128 valence electrons. The highest BCUT2D eigenvalue weighted by Gasteiger charge is 2.18. The first kappa shape index (κ1) is 20.3. The highest BCUT2D eigenvalue weighted by Crippen LogP contribution is 2.29. The van der Waals surface area contributed by atoms with Crippen LogP contribution >= 0.6 is 67.8 Å². The summed E-state index contributed by atoms with van der Waals surface area (Å²) in [5.74, 6) is -0.223. The predicted octanol–water partition coefficient (Wildman–Crippen LogP) is 3.69. The average molecular weight is 683 g/mol. The van der Waals surface area contributed by atoms with Crippen LogP contribution in [0.5, 0.6) is 5.75 Å². The molecule has 0 saturated carbocycles. The Morgan fingerprint density at radius 1 is 1.08 bits per heavy atom. The van der Waals surface area contributed by atoms with E-state index < -0.39 is 22.5 Å². The van der Waals surface area contributed by atoms with Gasteiger partial charge in [-0.3, -0.25) is 4.79 Å². The monoisotopic (exact) mass is 683 g/mol. The van der Waals surface area contributed by atoms with E-state index in [1.165, 1.54) is 12.1 Å². The number of nitrogens with one attached hydrogen (secondary N) is 1. The van der Waals surface area contributed by atoms with Crippen LogP contribution in [0.25, 0.3) is 0 Å². The lowest BCUT2D eigenvalue weighted by molar-refractivity contribution is -0.133. The summed E-state index contributed by atoms with van der Waals surface area (Å²) in [6.07, 6.45) is 0. The molecular weight excluding hydrogens is 671 g/mol. The number of ether oxygens (including phenoxy) is 1. The molecule has 0 saturated heterocycles. The van der Waals surface area contributed by atoms with Crippen LogP contribution in [0, 0.1) is 17.6 Å². The minimum absolute atomic E-state index is 0.110. The molecule has 0 heterocycles. The van der Waals surface area contributed by atoms with Gasteiger partial charge >= 0.3 is 5.97 Å². The summed E-state index contributed by atoms with van der Waals surface area (Å²) in [7, 11) is -3.75. The fraction of sp³-hybridized carbons (Fsp3) is 0.133. The van der Waals surface area contributed by atoms with Gasteiger partial charge in [0.1, 0.15) is 6.54 Å². The van der Waals surface area contributed by atoms with E-state index >= 15 is 0 Å². The van der Waals surface area contributed by atoms with Crippen LogP contribution in [0.2, 0.25) is 0 Å². The smallest absolute Gasteiger partial charge is 0.326 e. The maximum atomic E-state index is 12.2. The van der Waals surface area contributed by atoms with Gasteiger partial charge in [-0.05, 0) is 99.0 Å². The number of benzene rings is 2. The Kier molecular flexibility index (Phi) is 7.28. The standard InChI is InChI=1S/C15H12I3NO4S/c1-9-2-4-11(5-3-9)24(21,22)19-8-14(20)23-15-12(17)6-10(16)7-13(15)18/h2-7,19H,8H2,1H3. The summed E-state index contributed by atoms with van der Waals surface area (Å²) in [5.41, 5.74) is 0.955. The van der Waals surface area contributed by atoms with Crippen LogP contribution in [0.1, 0.15) is 5.56 Å². The van der Waals surface area contributed by atoms with Crippen molar-refractivity contribution in [1.29, 1.82) is 0 Å². The van der Waals surface area contributed by atoms with Crippen molar-refractivity contribution in [2.75, 3.05) is 6.54 Å². The van der Waals surface area contributed by atoms with Crippen molar-refractivity contribution < 1.29 is 17.9 Å². The fourth-order valence-corrected chi connectivity index (χ4v) is 6.50. The summed E-state index contributed by atoms with van der Waals surface area (Å²) < 4.78 is 34.5. The van der Waals surface area contributed by atoms with Crippen molar-refractivity contribution in [1.82, 2.24) is 4.72 Å². The lowest BCUT2D eigenvalue weighted by Gasteiger charge is -2.10. The molecule has 24 heavy (non-hydrogen) atoms. The second-order valence-corrected chi connectivity index (χ2v) is 10.1. The maximum absolute atomic E-state index is 12.2. The van der Waals surface area contributed by atoms with Gasteiger partial charge in [0.05, 0.1) is 12.0 Å². The van der Waals surface area contributed by atoms with Crippen LogP contribution in [0.4, 0.5) is 0 Å². The Morgan fingerprint density at radius 2 is 1.62 bits per heavy atom. The molecule has 2 rings (SSSR count). The molecule has 0 atom stereocenters. The molecule has 0 fully saturated rings.